The van der Waals surface area contributed by atoms with Crippen molar-refractivity contribution >= 4 is 0 Å². The van der Waals surface area contributed by atoms with Gasteiger partial charge in [0.05, 0.1) is 0 Å². The van der Waals surface area contributed by atoms with Crippen LogP contribution in [0.2, 0.25) is 0 Å². The van der Waals surface area contributed by atoms with Crippen LogP contribution >= 0.6 is 0 Å². The summed E-state index contributed by atoms with van der Waals surface area (Å²) in [5.74, 6) is 0. The average molecular weight is 184 g/mol. The first-order chi connectivity index (χ1) is 6.18. The van der Waals surface area contributed by atoms with Crippen LogP contribution in [0.4, 0.5) is 0 Å². The van der Waals surface area contributed by atoms with Gasteiger partial charge in [0.2, 0.25) is 0 Å². The van der Waals surface area contributed by atoms with Crippen LogP contribution in [-0.4, -0.2) is 38.1 Å². The highest BCUT2D eigenvalue weighted by Crippen LogP contribution is 2.30. The zero-order chi connectivity index (χ0) is 9.73. The third kappa shape index (κ3) is 3.28. The summed E-state index contributed by atoms with van der Waals surface area (Å²) in [5.41, 5.74) is 0.461. The lowest BCUT2D eigenvalue weighted by Gasteiger charge is -2.38. The minimum absolute atomic E-state index is 0.461. The van der Waals surface area contributed by atoms with E-state index in [0.29, 0.717) is 5.54 Å². The van der Waals surface area contributed by atoms with Gasteiger partial charge in [0.15, 0.2) is 0 Å². The van der Waals surface area contributed by atoms with Crippen molar-refractivity contribution < 1.29 is 0 Å². The summed E-state index contributed by atoms with van der Waals surface area (Å²) >= 11 is 0. The summed E-state index contributed by atoms with van der Waals surface area (Å²) in [5, 5.41) is 3.55. The normalized spacial score (nSPS) is 22.2. The molecule has 1 fully saturated rings. The van der Waals surface area contributed by atoms with E-state index in [1.807, 2.05) is 0 Å². The monoisotopic (exact) mass is 184 g/mol. The molecule has 0 heterocycles. The molecular weight excluding hydrogens is 160 g/mol. The van der Waals surface area contributed by atoms with Gasteiger partial charge >= 0.3 is 0 Å². The molecule has 0 radical (unpaired) electrons. The predicted octanol–water partition coefficient (Wildman–Crippen LogP) is 1.86. The van der Waals surface area contributed by atoms with Gasteiger partial charge in [0, 0.05) is 5.54 Å². The van der Waals surface area contributed by atoms with Gasteiger partial charge in [-0.2, -0.15) is 0 Å². The van der Waals surface area contributed by atoms with Crippen molar-refractivity contribution in [3.8, 4) is 0 Å². The van der Waals surface area contributed by atoms with E-state index in [1.165, 1.54) is 45.1 Å². The number of nitrogens with zero attached hydrogens (tertiary/aromatic N) is 1. The summed E-state index contributed by atoms with van der Waals surface area (Å²) in [6.45, 7) is 1.21. The maximum Gasteiger partial charge on any atom is 0.0190 e. The molecule has 0 aliphatic heterocycles. The second-order valence-corrected chi connectivity index (χ2v) is 4.64. The highest BCUT2D eigenvalue weighted by atomic mass is 15.1. The number of rotatable bonds is 4. The van der Waals surface area contributed by atoms with E-state index in [-0.39, 0.29) is 0 Å². The van der Waals surface area contributed by atoms with Crippen LogP contribution in [-0.2, 0) is 0 Å². The lowest BCUT2D eigenvalue weighted by atomic mass is 9.79. The number of nitrogens with one attached hydrogen (secondary N) is 1. The Hall–Kier alpha value is -0.0800. The lowest BCUT2D eigenvalue weighted by Crippen LogP contribution is -2.46. The van der Waals surface area contributed by atoms with E-state index in [0.717, 1.165) is 0 Å². The summed E-state index contributed by atoms with van der Waals surface area (Å²) in [4.78, 5) is 2.29. The largest absolute Gasteiger partial charge is 0.314 e. The Morgan fingerprint density at radius 1 is 1.15 bits per heavy atom. The molecule has 0 amide bonds. The fraction of sp³-hybridized carbons (Fsp3) is 1.00. The Labute approximate surface area is 82.7 Å². The van der Waals surface area contributed by atoms with Crippen LogP contribution in [0.1, 0.15) is 38.5 Å². The number of hydrogen-bond acceptors (Lipinski definition) is 2. The van der Waals surface area contributed by atoms with Crippen LogP contribution in [0.15, 0.2) is 0 Å². The fourth-order valence-corrected chi connectivity index (χ4v) is 2.29. The second-order valence-electron chi connectivity index (χ2n) is 4.64. The van der Waals surface area contributed by atoms with Crippen LogP contribution in [0.5, 0.6) is 0 Å². The van der Waals surface area contributed by atoms with Crippen molar-refractivity contribution in [3.63, 3.8) is 0 Å². The van der Waals surface area contributed by atoms with E-state index in [2.05, 4.69) is 31.4 Å². The zero-order valence-electron chi connectivity index (χ0n) is 9.40. The van der Waals surface area contributed by atoms with Gasteiger partial charge in [-0.3, -0.25) is 0 Å². The minimum Gasteiger partial charge on any atom is -0.314 e. The van der Waals surface area contributed by atoms with Crippen LogP contribution in [0.25, 0.3) is 0 Å². The lowest BCUT2D eigenvalue weighted by molar-refractivity contribution is 0.207. The maximum absolute atomic E-state index is 3.55. The smallest absolute Gasteiger partial charge is 0.0190 e. The SMILES string of the molecule is CNC1(CCN(C)C)CCCCC1. The van der Waals surface area contributed by atoms with Crippen molar-refractivity contribution in [1.29, 1.82) is 0 Å². The van der Waals surface area contributed by atoms with E-state index < -0.39 is 0 Å². The van der Waals surface area contributed by atoms with Crippen LogP contribution in [0.3, 0.4) is 0 Å². The second kappa shape index (κ2) is 4.97. The summed E-state index contributed by atoms with van der Waals surface area (Å²) in [6, 6.07) is 0. The zero-order valence-corrected chi connectivity index (χ0v) is 9.40. The van der Waals surface area contributed by atoms with Gasteiger partial charge in [0.25, 0.3) is 0 Å². The van der Waals surface area contributed by atoms with Gasteiger partial charge in [-0.1, -0.05) is 19.3 Å². The maximum atomic E-state index is 3.55. The summed E-state index contributed by atoms with van der Waals surface area (Å²) < 4.78 is 0. The first-order valence-corrected chi connectivity index (χ1v) is 5.52. The van der Waals surface area contributed by atoms with E-state index in [4.69, 9.17) is 0 Å². The molecule has 1 aliphatic rings. The quantitative estimate of drug-likeness (QED) is 0.717. The minimum atomic E-state index is 0.461. The molecular formula is C11H24N2. The van der Waals surface area contributed by atoms with Crippen molar-refractivity contribution in [2.45, 2.75) is 44.1 Å². The molecule has 1 saturated carbocycles. The van der Waals surface area contributed by atoms with Crippen molar-refractivity contribution in [3.05, 3.63) is 0 Å². The number of hydrogen-bond donors (Lipinski definition) is 1. The standard InChI is InChI=1S/C11H24N2/c1-12-11(9-10-13(2)3)7-5-4-6-8-11/h12H,4-10H2,1-3H3. The Bertz CT molecular complexity index is 137. The average Bonchev–Trinajstić information content (AvgIpc) is 2.16. The molecule has 0 spiro atoms. The van der Waals surface area contributed by atoms with Gasteiger partial charge in [-0.05, 0) is 47.0 Å². The fourth-order valence-electron chi connectivity index (χ4n) is 2.29. The Balaban J connectivity index is 2.38. The first kappa shape index (κ1) is 11.0. The van der Waals surface area contributed by atoms with E-state index in [1.54, 1.807) is 0 Å². The molecule has 0 aromatic carbocycles. The molecule has 0 atom stereocenters. The van der Waals surface area contributed by atoms with E-state index >= 15 is 0 Å². The molecule has 1 rings (SSSR count). The van der Waals surface area contributed by atoms with Crippen molar-refractivity contribution in [1.82, 2.24) is 10.2 Å². The molecule has 1 N–H and O–H groups in total. The molecule has 0 unspecified atom stereocenters. The molecule has 0 aromatic heterocycles. The highest BCUT2D eigenvalue weighted by molar-refractivity contribution is 4.89. The van der Waals surface area contributed by atoms with Crippen molar-refractivity contribution in [2.24, 2.45) is 0 Å². The Morgan fingerprint density at radius 2 is 1.77 bits per heavy atom. The third-order valence-corrected chi connectivity index (χ3v) is 3.38. The summed E-state index contributed by atoms with van der Waals surface area (Å²) in [7, 11) is 6.44. The Kier molecular flexibility index (Phi) is 4.20. The predicted molar refractivity (Wildman–Crippen MR) is 58.0 cm³/mol. The molecule has 2 nitrogen and oxygen atoms in total. The van der Waals surface area contributed by atoms with Gasteiger partial charge in [-0.15, -0.1) is 0 Å². The molecule has 2 heteroatoms. The van der Waals surface area contributed by atoms with Crippen LogP contribution < -0.4 is 5.32 Å². The van der Waals surface area contributed by atoms with Crippen LogP contribution in [0, 0.1) is 0 Å². The van der Waals surface area contributed by atoms with Crippen molar-refractivity contribution in [2.75, 3.05) is 27.7 Å². The van der Waals surface area contributed by atoms with Gasteiger partial charge in [0.1, 0.15) is 0 Å². The molecule has 0 aromatic rings. The summed E-state index contributed by atoms with van der Waals surface area (Å²) in [6.07, 6.45) is 8.30. The molecule has 0 bridgehead atoms. The molecule has 1 aliphatic carbocycles. The molecule has 0 saturated heterocycles. The third-order valence-electron chi connectivity index (χ3n) is 3.38. The van der Waals surface area contributed by atoms with Gasteiger partial charge in [-0.25, -0.2) is 0 Å². The highest BCUT2D eigenvalue weighted by Gasteiger charge is 2.29. The molecule has 78 valence electrons. The Morgan fingerprint density at radius 3 is 2.23 bits per heavy atom. The molecule has 13 heavy (non-hydrogen) atoms. The first-order valence-electron chi connectivity index (χ1n) is 5.52. The van der Waals surface area contributed by atoms with E-state index in [9.17, 15) is 0 Å². The van der Waals surface area contributed by atoms with Gasteiger partial charge < -0.3 is 10.2 Å². The topological polar surface area (TPSA) is 15.3 Å².